The number of ether oxygens (including phenoxy) is 1. The summed E-state index contributed by atoms with van der Waals surface area (Å²) in [5.41, 5.74) is 3.85. The zero-order chi connectivity index (χ0) is 19.5. The summed E-state index contributed by atoms with van der Waals surface area (Å²) in [4.78, 5) is 26.6. The number of benzene rings is 2. The molecule has 28 heavy (non-hydrogen) atoms. The third kappa shape index (κ3) is 3.96. The van der Waals surface area contributed by atoms with Gasteiger partial charge >= 0.3 is 6.03 Å². The number of nitrogens with one attached hydrogen (secondary N) is 2. The molecule has 2 aromatic rings. The minimum atomic E-state index is -0.257. The lowest BCUT2D eigenvalue weighted by atomic mass is 10.1. The summed E-state index contributed by atoms with van der Waals surface area (Å²) in [6, 6.07) is 13.3. The van der Waals surface area contributed by atoms with E-state index in [9.17, 15) is 9.59 Å². The molecule has 2 aliphatic rings. The van der Waals surface area contributed by atoms with E-state index in [-0.39, 0.29) is 17.9 Å². The SMILES string of the molecule is COc1ccccc1CCNC(=O)Nc1ccc2c(c1)N(C(=O)C1CC1)CC2. The highest BCUT2D eigenvalue weighted by Gasteiger charge is 2.36. The van der Waals surface area contributed by atoms with Crippen molar-refractivity contribution in [1.82, 2.24) is 5.32 Å². The molecule has 0 atom stereocenters. The Morgan fingerprint density at radius 3 is 2.79 bits per heavy atom. The fraction of sp³-hybridized carbons (Fsp3) is 0.364. The number of urea groups is 1. The first-order valence-electron chi connectivity index (χ1n) is 9.77. The van der Waals surface area contributed by atoms with Crippen molar-refractivity contribution in [2.24, 2.45) is 5.92 Å². The van der Waals surface area contributed by atoms with Gasteiger partial charge in [0.25, 0.3) is 0 Å². The number of fused-ring (bicyclic) bond motifs is 1. The highest BCUT2D eigenvalue weighted by atomic mass is 16.5. The maximum Gasteiger partial charge on any atom is 0.319 e. The Labute approximate surface area is 164 Å². The maximum atomic E-state index is 12.4. The normalized spacial score (nSPS) is 15.1. The van der Waals surface area contributed by atoms with Crippen LogP contribution in [0.1, 0.15) is 24.0 Å². The van der Waals surface area contributed by atoms with Crippen molar-refractivity contribution in [3.63, 3.8) is 0 Å². The lowest BCUT2D eigenvalue weighted by Crippen LogP contribution is -2.31. The summed E-state index contributed by atoms with van der Waals surface area (Å²) in [5.74, 6) is 1.24. The Balaban J connectivity index is 1.33. The molecule has 146 valence electrons. The van der Waals surface area contributed by atoms with Crippen LogP contribution in [0.3, 0.4) is 0 Å². The van der Waals surface area contributed by atoms with Crippen molar-refractivity contribution in [2.75, 3.05) is 30.4 Å². The summed E-state index contributed by atoms with van der Waals surface area (Å²) in [6.45, 7) is 1.24. The highest BCUT2D eigenvalue weighted by molar-refractivity contribution is 5.99. The standard InChI is InChI=1S/C22H25N3O3/c1-28-20-5-3-2-4-16(20)10-12-23-22(27)24-18-9-8-15-11-13-25(19(15)14-18)21(26)17-6-7-17/h2-5,8-9,14,17H,6-7,10-13H2,1H3,(H2,23,24,27). The Bertz CT molecular complexity index is 892. The fourth-order valence-corrected chi connectivity index (χ4v) is 3.63. The van der Waals surface area contributed by atoms with Crippen LogP contribution >= 0.6 is 0 Å². The monoisotopic (exact) mass is 379 g/mol. The molecule has 0 bridgehead atoms. The van der Waals surface area contributed by atoms with Gasteiger partial charge in [-0.25, -0.2) is 4.79 Å². The zero-order valence-electron chi connectivity index (χ0n) is 16.0. The van der Waals surface area contributed by atoms with E-state index in [0.717, 1.165) is 48.4 Å². The van der Waals surface area contributed by atoms with Crippen LogP contribution in [0.2, 0.25) is 0 Å². The molecule has 1 aliphatic carbocycles. The third-order valence-electron chi connectivity index (χ3n) is 5.30. The van der Waals surface area contributed by atoms with Gasteiger partial charge < -0.3 is 20.3 Å². The smallest absolute Gasteiger partial charge is 0.319 e. The lowest BCUT2D eigenvalue weighted by Gasteiger charge is -2.18. The molecule has 1 aliphatic heterocycles. The molecule has 4 rings (SSSR count). The van der Waals surface area contributed by atoms with E-state index in [1.54, 1.807) is 7.11 Å². The molecule has 0 unspecified atom stereocenters. The molecule has 0 saturated heterocycles. The zero-order valence-corrected chi connectivity index (χ0v) is 16.0. The van der Waals surface area contributed by atoms with Gasteiger partial charge in [0.1, 0.15) is 5.75 Å². The first kappa shape index (κ1) is 18.3. The van der Waals surface area contributed by atoms with Crippen LogP contribution in [-0.2, 0) is 17.6 Å². The third-order valence-corrected chi connectivity index (χ3v) is 5.30. The number of nitrogens with zero attached hydrogens (tertiary/aromatic N) is 1. The van der Waals surface area contributed by atoms with Gasteiger partial charge in [0, 0.05) is 30.4 Å². The summed E-state index contributed by atoms with van der Waals surface area (Å²) in [7, 11) is 1.64. The van der Waals surface area contributed by atoms with E-state index in [0.29, 0.717) is 18.7 Å². The second kappa shape index (κ2) is 7.92. The van der Waals surface area contributed by atoms with Gasteiger partial charge in [0.15, 0.2) is 0 Å². The molecular weight excluding hydrogens is 354 g/mol. The van der Waals surface area contributed by atoms with E-state index in [2.05, 4.69) is 10.6 Å². The number of hydrogen-bond donors (Lipinski definition) is 2. The van der Waals surface area contributed by atoms with Gasteiger partial charge in [-0.15, -0.1) is 0 Å². The van der Waals surface area contributed by atoms with Gasteiger partial charge in [0.05, 0.1) is 7.11 Å². The predicted molar refractivity (Wildman–Crippen MR) is 109 cm³/mol. The summed E-state index contributed by atoms with van der Waals surface area (Å²) < 4.78 is 5.33. The molecule has 6 heteroatoms. The number of hydrogen-bond acceptors (Lipinski definition) is 3. The predicted octanol–water partition coefficient (Wildman–Crippen LogP) is 3.36. The lowest BCUT2D eigenvalue weighted by molar-refractivity contribution is -0.119. The fourth-order valence-electron chi connectivity index (χ4n) is 3.63. The van der Waals surface area contributed by atoms with Crippen LogP contribution in [0.15, 0.2) is 42.5 Å². The second-order valence-electron chi connectivity index (χ2n) is 7.30. The molecule has 0 radical (unpaired) electrons. The van der Waals surface area contributed by atoms with Crippen LogP contribution in [-0.4, -0.2) is 32.1 Å². The van der Waals surface area contributed by atoms with Crippen LogP contribution in [0, 0.1) is 5.92 Å². The van der Waals surface area contributed by atoms with Crippen molar-refractivity contribution in [3.8, 4) is 5.75 Å². The molecule has 1 heterocycles. The van der Waals surface area contributed by atoms with E-state index in [4.69, 9.17) is 4.74 Å². The highest BCUT2D eigenvalue weighted by Crippen LogP contribution is 2.37. The van der Waals surface area contributed by atoms with Crippen LogP contribution in [0.25, 0.3) is 0 Å². The Morgan fingerprint density at radius 2 is 2.00 bits per heavy atom. The molecule has 3 amide bonds. The topological polar surface area (TPSA) is 70.7 Å². The molecule has 2 N–H and O–H groups in total. The van der Waals surface area contributed by atoms with Crippen LogP contribution in [0.4, 0.5) is 16.2 Å². The van der Waals surface area contributed by atoms with Gasteiger partial charge in [-0.3, -0.25) is 4.79 Å². The van der Waals surface area contributed by atoms with Crippen molar-refractivity contribution in [2.45, 2.75) is 25.7 Å². The molecule has 0 aromatic heterocycles. The first-order valence-corrected chi connectivity index (χ1v) is 9.77. The van der Waals surface area contributed by atoms with E-state index in [1.807, 2.05) is 47.4 Å². The van der Waals surface area contributed by atoms with Crippen molar-refractivity contribution < 1.29 is 14.3 Å². The molecule has 0 spiro atoms. The Hall–Kier alpha value is -3.02. The maximum absolute atomic E-state index is 12.4. The van der Waals surface area contributed by atoms with Gasteiger partial charge in [0.2, 0.25) is 5.91 Å². The molecular formula is C22H25N3O3. The first-order chi connectivity index (χ1) is 13.7. The van der Waals surface area contributed by atoms with Crippen LogP contribution in [0.5, 0.6) is 5.75 Å². The Kier molecular flexibility index (Phi) is 5.19. The largest absolute Gasteiger partial charge is 0.496 e. The average molecular weight is 379 g/mol. The second-order valence-corrected chi connectivity index (χ2v) is 7.30. The molecule has 1 saturated carbocycles. The van der Waals surface area contributed by atoms with E-state index < -0.39 is 0 Å². The number of amides is 3. The Morgan fingerprint density at radius 1 is 1.18 bits per heavy atom. The van der Waals surface area contributed by atoms with Crippen molar-refractivity contribution >= 4 is 23.3 Å². The quantitative estimate of drug-likeness (QED) is 0.809. The number of carbonyl (C=O) groups is 2. The average Bonchev–Trinajstić information content (AvgIpc) is 3.47. The van der Waals surface area contributed by atoms with E-state index >= 15 is 0 Å². The van der Waals surface area contributed by atoms with Crippen molar-refractivity contribution in [1.29, 1.82) is 0 Å². The molecule has 1 fully saturated rings. The van der Waals surface area contributed by atoms with Gasteiger partial charge in [-0.2, -0.15) is 0 Å². The number of rotatable bonds is 6. The minimum absolute atomic E-state index is 0.195. The van der Waals surface area contributed by atoms with Gasteiger partial charge in [-0.1, -0.05) is 24.3 Å². The van der Waals surface area contributed by atoms with Crippen LogP contribution < -0.4 is 20.3 Å². The van der Waals surface area contributed by atoms with Gasteiger partial charge in [-0.05, 0) is 55.0 Å². The summed E-state index contributed by atoms with van der Waals surface area (Å²) >= 11 is 0. The summed E-state index contributed by atoms with van der Waals surface area (Å²) in [5, 5.41) is 5.75. The van der Waals surface area contributed by atoms with E-state index in [1.165, 1.54) is 0 Å². The number of anilines is 2. The summed E-state index contributed by atoms with van der Waals surface area (Å²) in [6.07, 6.45) is 3.55. The molecule has 6 nitrogen and oxygen atoms in total. The molecule has 2 aromatic carbocycles. The number of methoxy groups -OCH3 is 1. The minimum Gasteiger partial charge on any atom is -0.496 e. The number of carbonyl (C=O) groups excluding carboxylic acids is 2. The number of para-hydroxylation sites is 1. The van der Waals surface area contributed by atoms with Crippen molar-refractivity contribution in [3.05, 3.63) is 53.6 Å².